The largest absolute Gasteiger partial charge is 0.355 e. The van der Waals surface area contributed by atoms with Gasteiger partial charge in [-0.25, -0.2) is 4.98 Å². The first kappa shape index (κ1) is 13.2. The quantitative estimate of drug-likeness (QED) is 0.787. The summed E-state index contributed by atoms with van der Waals surface area (Å²) in [5.74, 6) is -0.520. The Labute approximate surface area is 101 Å². The van der Waals surface area contributed by atoms with Crippen molar-refractivity contribution >= 4 is 11.8 Å². The molecule has 1 rings (SSSR count). The van der Waals surface area contributed by atoms with Gasteiger partial charge in [0, 0.05) is 12.2 Å². The van der Waals surface area contributed by atoms with Gasteiger partial charge < -0.3 is 10.6 Å². The van der Waals surface area contributed by atoms with E-state index in [0.29, 0.717) is 12.2 Å². The van der Waals surface area contributed by atoms with Gasteiger partial charge in [-0.3, -0.25) is 9.59 Å². The molecule has 92 valence electrons. The van der Waals surface area contributed by atoms with E-state index in [9.17, 15) is 9.59 Å². The third-order valence-corrected chi connectivity index (χ3v) is 2.10. The van der Waals surface area contributed by atoms with Gasteiger partial charge in [-0.15, -0.1) is 0 Å². The summed E-state index contributed by atoms with van der Waals surface area (Å²) in [5, 5.41) is 5.20. The molecule has 0 spiro atoms. The number of rotatable bonds is 5. The highest BCUT2D eigenvalue weighted by atomic mass is 16.2. The highest BCUT2D eigenvalue weighted by Crippen LogP contribution is 1.97. The lowest BCUT2D eigenvalue weighted by atomic mass is 10.3. The second-order valence-electron chi connectivity index (χ2n) is 3.70. The number of nitrogens with zero attached hydrogens (tertiary/aromatic N) is 1. The number of hydrogen-bond acceptors (Lipinski definition) is 3. The Morgan fingerprint density at radius 1 is 1.29 bits per heavy atom. The monoisotopic (exact) mass is 235 g/mol. The van der Waals surface area contributed by atoms with Crippen LogP contribution in [0.4, 0.5) is 0 Å². The normalized spacial score (nSPS) is 9.76. The van der Waals surface area contributed by atoms with Crippen LogP contribution in [0.2, 0.25) is 0 Å². The molecule has 0 aromatic carbocycles. The van der Waals surface area contributed by atoms with E-state index in [1.165, 1.54) is 0 Å². The predicted octanol–water partition coefficient (Wildman–Crippen LogP) is 0.646. The van der Waals surface area contributed by atoms with E-state index in [4.69, 9.17) is 0 Å². The molecule has 1 aromatic rings. The Morgan fingerprint density at radius 2 is 2.06 bits per heavy atom. The van der Waals surface area contributed by atoms with Crippen LogP contribution in [0, 0.1) is 6.92 Å². The summed E-state index contributed by atoms with van der Waals surface area (Å²) in [6.45, 7) is 4.38. The number of nitrogens with one attached hydrogen (secondary N) is 2. The molecule has 17 heavy (non-hydrogen) atoms. The molecule has 2 amide bonds. The standard InChI is InChI=1S/C12H17N3O2/c1-3-7-13-11(16)8-14-12(17)10-6-4-5-9(2)15-10/h4-6H,3,7-8H2,1-2H3,(H,13,16)(H,14,17). The molecule has 5 heteroatoms. The molecule has 0 aliphatic heterocycles. The van der Waals surface area contributed by atoms with Crippen LogP contribution in [0.15, 0.2) is 18.2 Å². The Kier molecular flexibility index (Phi) is 5.13. The molecule has 1 heterocycles. The van der Waals surface area contributed by atoms with Gasteiger partial charge in [-0.2, -0.15) is 0 Å². The van der Waals surface area contributed by atoms with Crippen LogP contribution < -0.4 is 10.6 Å². The summed E-state index contributed by atoms with van der Waals surface area (Å²) in [6.07, 6.45) is 0.874. The lowest BCUT2D eigenvalue weighted by Gasteiger charge is -2.05. The van der Waals surface area contributed by atoms with Gasteiger partial charge in [0.05, 0.1) is 6.54 Å². The molecule has 5 nitrogen and oxygen atoms in total. The molecule has 0 radical (unpaired) electrons. The van der Waals surface area contributed by atoms with Crippen LogP contribution in [0.5, 0.6) is 0 Å². The van der Waals surface area contributed by atoms with Crippen LogP contribution in [0.25, 0.3) is 0 Å². The number of pyridine rings is 1. The first-order valence-corrected chi connectivity index (χ1v) is 5.62. The van der Waals surface area contributed by atoms with E-state index >= 15 is 0 Å². The average Bonchev–Trinajstić information content (AvgIpc) is 2.33. The summed E-state index contributed by atoms with van der Waals surface area (Å²) in [4.78, 5) is 26.9. The summed E-state index contributed by atoms with van der Waals surface area (Å²) in [6, 6.07) is 5.19. The van der Waals surface area contributed by atoms with Gasteiger partial charge in [0.2, 0.25) is 5.91 Å². The van der Waals surface area contributed by atoms with E-state index in [1.54, 1.807) is 12.1 Å². The van der Waals surface area contributed by atoms with Gasteiger partial charge in [-0.1, -0.05) is 13.0 Å². The molecule has 1 aromatic heterocycles. The molecular weight excluding hydrogens is 218 g/mol. The number of amides is 2. The highest BCUT2D eigenvalue weighted by Gasteiger charge is 2.08. The third kappa shape index (κ3) is 4.63. The molecule has 0 aliphatic rings. The van der Waals surface area contributed by atoms with E-state index in [1.807, 2.05) is 19.9 Å². The minimum absolute atomic E-state index is 0.0194. The van der Waals surface area contributed by atoms with E-state index in [-0.39, 0.29) is 18.4 Å². The molecule has 0 saturated carbocycles. The Balaban J connectivity index is 2.42. The first-order chi connectivity index (χ1) is 8.13. The maximum absolute atomic E-state index is 11.6. The third-order valence-electron chi connectivity index (χ3n) is 2.10. The van der Waals surface area contributed by atoms with Crippen molar-refractivity contribution in [2.45, 2.75) is 20.3 Å². The smallest absolute Gasteiger partial charge is 0.270 e. The molecular formula is C12H17N3O2. The molecule has 2 N–H and O–H groups in total. The summed E-state index contributed by atoms with van der Waals surface area (Å²) in [5.41, 5.74) is 1.10. The summed E-state index contributed by atoms with van der Waals surface area (Å²) >= 11 is 0. The van der Waals surface area contributed by atoms with Crippen molar-refractivity contribution in [2.75, 3.05) is 13.1 Å². The second-order valence-corrected chi connectivity index (χ2v) is 3.70. The minimum Gasteiger partial charge on any atom is -0.355 e. The van der Waals surface area contributed by atoms with Gasteiger partial charge in [-0.05, 0) is 25.5 Å². The average molecular weight is 235 g/mol. The first-order valence-electron chi connectivity index (χ1n) is 5.62. The number of aryl methyl sites for hydroxylation is 1. The number of aromatic nitrogens is 1. The zero-order chi connectivity index (χ0) is 12.7. The lowest BCUT2D eigenvalue weighted by Crippen LogP contribution is -2.37. The summed E-state index contributed by atoms with van der Waals surface area (Å²) in [7, 11) is 0. The number of carbonyl (C=O) groups is 2. The molecule has 0 bridgehead atoms. The molecule has 0 saturated heterocycles. The van der Waals surface area contributed by atoms with Crippen molar-refractivity contribution < 1.29 is 9.59 Å². The Bertz CT molecular complexity index is 404. The van der Waals surface area contributed by atoms with Crippen LogP contribution in [0.3, 0.4) is 0 Å². The topological polar surface area (TPSA) is 71.1 Å². The van der Waals surface area contributed by atoms with Crippen molar-refractivity contribution in [3.63, 3.8) is 0 Å². The SMILES string of the molecule is CCCNC(=O)CNC(=O)c1cccc(C)n1. The van der Waals surface area contributed by atoms with Crippen molar-refractivity contribution in [1.82, 2.24) is 15.6 Å². The molecule has 0 unspecified atom stereocenters. The summed E-state index contributed by atoms with van der Waals surface area (Å²) < 4.78 is 0. The van der Waals surface area contributed by atoms with Gasteiger partial charge in [0.25, 0.3) is 5.91 Å². The number of carbonyl (C=O) groups excluding carboxylic acids is 2. The Hall–Kier alpha value is -1.91. The fourth-order valence-corrected chi connectivity index (χ4v) is 1.25. The number of hydrogen-bond donors (Lipinski definition) is 2. The zero-order valence-electron chi connectivity index (χ0n) is 10.1. The van der Waals surface area contributed by atoms with Crippen LogP contribution in [0.1, 0.15) is 29.5 Å². The van der Waals surface area contributed by atoms with E-state index in [2.05, 4.69) is 15.6 Å². The molecule has 0 aliphatic carbocycles. The van der Waals surface area contributed by atoms with Crippen LogP contribution in [-0.4, -0.2) is 29.9 Å². The minimum atomic E-state index is -0.333. The van der Waals surface area contributed by atoms with Crippen LogP contribution >= 0.6 is 0 Å². The van der Waals surface area contributed by atoms with E-state index < -0.39 is 0 Å². The maximum atomic E-state index is 11.6. The van der Waals surface area contributed by atoms with Crippen molar-refractivity contribution in [1.29, 1.82) is 0 Å². The maximum Gasteiger partial charge on any atom is 0.270 e. The van der Waals surface area contributed by atoms with Gasteiger partial charge in [0.15, 0.2) is 0 Å². The van der Waals surface area contributed by atoms with Crippen molar-refractivity contribution in [3.8, 4) is 0 Å². The second kappa shape index (κ2) is 6.62. The predicted molar refractivity (Wildman–Crippen MR) is 64.6 cm³/mol. The van der Waals surface area contributed by atoms with Gasteiger partial charge >= 0.3 is 0 Å². The van der Waals surface area contributed by atoms with Crippen molar-refractivity contribution in [2.24, 2.45) is 0 Å². The van der Waals surface area contributed by atoms with Crippen molar-refractivity contribution in [3.05, 3.63) is 29.6 Å². The zero-order valence-corrected chi connectivity index (χ0v) is 10.1. The Morgan fingerprint density at radius 3 is 2.71 bits per heavy atom. The van der Waals surface area contributed by atoms with Gasteiger partial charge in [0.1, 0.15) is 5.69 Å². The molecule has 0 atom stereocenters. The fraction of sp³-hybridized carbons (Fsp3) is 0.417. The fourth-order valence-electron chi connectivity index (χ4n) is 1.25. The van der Waals surface area contributed by atoms with E-state index in [0.717, 1.165) is 12.1 Å². The van der Waals surface area contributed by atoms with Crippen LogP contribution in [-0.2, 0) is 4.79 Å². The molecule has 0 fully saturated rings. The lowest BCUT2D eigenvalue weighted by molar-refractivity contribution is -0.120. The highest BCUT2D eigenvalue weighted by molar-refractivity contribution is 5.94.